The lowest BCUT2D eigenvalue weighted by atomic mass is 9.87. The zero-order valence-electron chi connectivity index (χ0n) is 14.2. The van der Waals surface area contributed by atoms with Crippen molar-refractivity contribution in [1.29, 1.82) is 0 Å². The first kappa shape index (κ1) is 16.6. The molecule has 128 valence electrons. The second-order valence-corrected chi connectivity index (χ2v) is 6.76. The van der Waals surface area contributed by atoms with Crippen molar-refractivity contribution < 1.29 is 14.3 Å². The van der Waals surface area contributed by atoms with Crippen molar-refractivity contribution in [1.82, 2.24) is 9.88 Å². The van der Waals surface area contributed by atoms with Crippen molar-refractivity contribution >= 4 is 22.8 Å². The van der Waals surface area contributed by atoms with Crippen molar-refractivity contribution in [2.45, 2.75) is 38.6 Å². The Kier molecular flexibility index (Phi) is 4.88. The third-order valence-electron chi connectivity index (χ3n) is 5.00. The summed E-state index contributed by atoms with van der Waals surface area (Å²) in [6.07, 6.45) is 4.35. The Balaban J connectivity index is 1.54. The van der Waals surface area contributed by atoms with Crippen molar-refractivity contribution in [2.24, 2.45) is 5.92 Å². The number of nitrogens with one attached hydrogen (secondary N) is 1. The molecule has 0 bridgehead atoms. The lowest BCUT2D eigenvalue weighted by Gasteiger charge is -2.33. The number of aromatic amines is 1. The van der Waals surface area contributed by atoms with Crippen LogP contribution >= 0.6 is 0 Å². The van der Waals surface area contributed by atoms with E-state index in [2.05, 4.69) is 11.9 Å². The van der Waals surface area contributed by atoms with E-state index >= 15 is 0 Å². The Morgan fingerprint density at radius 2 is 1.92 bits per heavy atom. The van der Waals surface area contributed by atoms with Crippen LogP contribution in [0.1, 0.15) is 43.1 Å². The van der Waals surface area contributed by atoms with Gasteiger partial charge < -0.3 is 14.6 Å². The van der Waals surface area contributed by atoms with Crippen LogP contribution in [0.25, 0.3) is 10.9 Å². The van der Waals surface area contributed by atoms with Crippen LogP contribution in [0.4, 0.5) is 0 Å². The van der Waals surface area contributed by atoms with Crippen LogP contribution in [-0.2, 0) is 9.53 Å². The van der Waals surface area contributed by atoms with Gasteiger partial charge in [0.1, 0.15) is 5.69 Å². The van der Waals surface area contributed by atoms with Crippen LogP contribution < -0.4 is 0 Å². The average Bonchev–Trinajstić information content (AvgIpc) is 3.03. The van der Waals surface area contributed by atoms with Crippen LogP contribution in [0.3, 0.4) is 0 Å². The van der Waals surface area contributed by atoms with Gasteiger partial charge in [0.05, 0.1) is 0 Å². The number of ether oxygens (including phenoxy) is 1. The SMILES string of the molecule is CC1CCC(N(C)C(=O)COC(=O)c2cc3ccccc3[nH]2)CC1. The molecule has 2 aromatic rings. The monoisotopic (exact) mass is 328 g/mol. The minimum atomic E-state index is -0.495. The van der Waals surface area contributed by atoms with E-state index in [1.165, 1.54) is 0 Å². The Morgan fingerprint density at radius 1 is 1.21 bits per heavy atom. The molecule has 0 saturated heterocycles. The molecule has 1 amide bonds. The summed E-state index contributed by atoms with van der Waals surface area (Å²) >= 11 is 0. The molecule has 1 aliphatic carbocycles. The van der Waals surface area contributed by atoms with Crippen molar-refractivity contribution in [3.8, 4) is 0 Å². The lowest BCUT2D eigenvalue weighted by molar-refractivity contribution is -0.136. The fraction of sp³-hybridized carbons (Fsp3) is 0.474. The first-order valence-electron chi connectivity index (χ1n) is 8.55. The highest BCUT2D eigenvalue weighted by atomic mass is 16.5. The second kappa shape index (κ2) is 7.07. The molecule has 1 saturated carbocycles. The summed E-state index contributed by atoms with van der Waals surface area (Å²) < 4.78 is 5.19. The molecule has 3 rings (SSSR count). The molecule has 0 atom stereocenters. The van der Waals surface area contributed by atoms with E-state index in [9.17, 15) is 9.59 Å². The number of para-hydroxylation sites is 1. The van der Waals surface area contributed by atoms with E-state index in [4.69, 9.17) is 4.74 Å². The van der Waals surface area contributed by atoms with Gasteiger partial charge in [0, 0.05) is 24.0 Å². The number of rotatable bonds is 4. The molecule has 1 heterocycles. The second-order valence-electron chi connectivity index (χ2n) is 6.76. The van der Waals surface area contributed by atoms with E-state index in [1.54, 1.807) is 18.0 Å². The van der Waals surface area contributed by atoms with Gasteiger partial charge in [0.15, 0.2) is 6.61 Å². The molecule has 5 nitrogen and oxygen atoms in total. The maximum atomic E-state index is 12.3. The molecule has 1 fully saturated rings. The van der Waals surface area contributed by atoms with Gasteiger partial charge in [-0.15, -0.1) is 0 Å². The van der Waals surface area contributed by atoms with Gasteiger partial charge in [-0.05, 0) is 43.7 Å². The summed E-state index contributed by atoms with van der Waals surface area (Å²) in [5.74, 6) is 0.105. The molecular formula is C19H24N2O3. The number of fused-ring (bicyclic) bond motifs is 1. The number of carbonyl (C=O) groups excluding carboxylic acids is 2. The smallest absolute Gasteiger partial charge is 0.355 e. The molecular weight excluding hydrogens is 304 g/mol. The summed E-state index contributed by atoms with van der Waals surface area (Å²) in [6, 6.07) is 9.64. The summed E-state index contributed by atoms with van der Waals surface area (Å²) in [5, 5.41) is 0.948. The van der Waals surface area contributed by atoms with Gasteiger partial charge >= 0.3 is 5.97 Å². The Hall–Kier alpha value is -2.30. The highest BCUT2D eigenvalue weighted by Crippen LogP contribution is 2.26. The Labute approximate surface area is 142 Å². The molecule has 24 heavy (non-hydrogen) atoms. The quantitative estimate of drug-likeness (QED) is 0.875. The first-order chi connectivity index (χ1) is 11.5. The Bertz CT molecular complexity index is 696. The summed E-state index contributed by atoms with van der Waals surface area (Å²) in [4.78, 5) is 29.2. The van der Waals surface area contributed by atoms with E-state index in [1.807, 2.05) is 24.3 Å². The molecule has 0 spiro atoms. The van der Waals surface area contributed by atoms with Gasteiger partial charge in [-0.2, -0.15) is 0 Å². The number of carbonyl (C=O) groups is 2. The van der Waals surface area contributed by atoms with E-state index in [0.717, 1.165) is 42.5 Å². The van der Waals surface area contributed by atoms with Crippen LogP contribution in [0.2, 0.25) is 0 Å². The molecule has 1 N–H and O–H groups in total. The highest BCUT2D eigenvalue weighted by Gasteiger charge is 2.25. The normalized spacial score (nSPS) is 20.8. The average molecular weight is 328 g/mol. The summed E-state index contributed by atoms with van der Waals surface area (Å²) in [7, 11) is 1.81. The molecule has 0 aliphatic heterocycles. The van der Waals surface area contributed by atoms with Crippen molar-refractivity contribution in [3.05, 3.63) is 36.0 Å². The number of benzene rings is 1. The van der Waals surface area contributed by atoms with Crippen molar-refractivity contribution in [3.63, 3.8) is 0 Å². The van der Waals surface area contributed by atoms with Gasteiger partial charge in [0.2, 0.25) is 0 Å². The number of aromatic nitrogens is 1. The van der Waals surface area contributed by atoms with E-state index in [-0.39, 0.29) is 18.6 Å². The number of hydrogen-bond donors (Lipinski definition) is 1. The molecule has 5 heteroatoms. The fourth-order valence-corrected chi connectivity index (χ4v) is 3.32. The number of nitrogens with zero attached hydrogens (tertiary/aromatic N) is 1. The van der Waals surface area contributed by atoms with Gasteiger partial charge in [-0.25, -0.2) is 4.79 Å². The zero-order chi connectivity index (χ0) is 17.1. The van der Waals surface area contributed by atoms with Gasteiger partial charge in [-0.3, -0.25) is 4.79 Å². The largest absolute Gasteiger partial charge is 0.451 e. The number of amides is 1. The predicted molar refractivity (Wildman–Crippen MR) is 92.8 cm³/mol. The van der Waals surface area contributed by atoms with E-state index < -0.39 is 5.97 Å². The topological polar surface area (TPSA) is 62.4 Å². The maximum Gasteiger partial charge on any atom is 0.355 e. The van der Waals surface area contributed by atoms with Gasteiger partial charge in [0.25, 0.3) is 5.91 Å². The summed E-state index contributed by atoms with van der Waals surface area (Å²) in [6.45, 7) is 2.04. The number of likely N-dealkylation sites (N-methyl/N-ethyl adjacent to an activating group) is 1. The first-order valence-corrected chi connectivity index (χ1v) is 8.55. The highest BCUT2D eigenvalue weighted by molar-refractivity contribution is 5.95. The molecule has 1 aromatic carbocycles. The predicted octanol–water partition coefficient (Wildman–Crippen LogP) is 3.36. The number of esters is 1. The summed E-state index contributed by atoms with van der Waals surface area (Å²) in [5.41, 5.74) is 1.25. The number of H-pyrrole nitrogens is 1. The van der Waals surface area contributed by atoms with Gasteiger partial charge in [-0.1, -0.05) is 25.1 Å². The molecule has 1 aliphatic rings. The van der Waals surface area contributed by atoms with Crippen LogP contribution in [0.15, 0.2) is 30.3 Å². The third-order valence-corrected chi connectivity index (χ3v) is 5.00. The Morgan fingerprint density at radius 3 is 2.62 bits per heavy atom. The number of hydrogen-bond acceptors (Lipinski definition) is 3. The maximum absolute atomic E-state index is 12.3. The van der Waals surface area contributed by atoms with Crippen molar-refractivity contribution in [2.75, 3.05) is 13.7 Å². The third kappa shape index (κ3) is 3.61. The minimum Gasteiger partial charge on any atom is -0.451 e. The minimum absolute atomic E-state index is 0.140. The molecule has 0 radical (unpaired) electrons. The standard InChI is InChI=1S/C19H24N2O3/c1-13-7-9-15(10-8-13)21(2)18(22)12-24-19(23)17-11-14-5-3-4-6-16(14)20-17/h3-6,11,13,15,20H,7-10,12H2,1-2H3. The fourth-order valence-electron chi connectivity index (χ4n) is 3.32. The lowest BCUT2D eigenvalue weighted by Crippen LogP contribution is -2.41. The van der Waals surface area contributed by atoms with Crippen LogP contribution in [-0.4, -0.2) is 41.5 Å². The van der Waals surface area contributed by atoms with E-state index in [0.29, 0.717) is 5.69 Å². The van der Waals surface area contributed by atoms with Crippen LogP contribution in [0, 0.1) is 5.92 Å². The molecule has 1 aromatic heterocycles. The molecule has 0 unspecified atom stereocenters. The van der Waals surface area contributed by atoms with Crippen LogP contribution in [0.5, 0.6) is 0 Å². The zero-order valence-corrected chi connectivity index (χ0v) is 14.2.